The molecule has 0 spiro atoms. The standard InChI is InChI=1S/C29H37N3O6.CH4/c1-19(2)16-25(28(35)32-15-7-10-26(32)29(36)37)31-27(34)24(30-20(3)33)17-21-11-13-23(14-12-21)38-18-22-8-5-4-6-9-22;/h4-6,8-9,11-14,19,24-26H,7,10,15-18H2,1-3H3,(H,30,33)(H,31,34)(H,36,37);1H4/t24-,25-,26-;/m0./s1. The molecule has 1 saturated heterocycles. The van der Waals surface area contributed by atoms with Crippen LogP contribution in [0.15, 0.2) is 54.6 Å². The van der Waals surface area contributed by atoms with Crippen LogP contribution in [-0.4, -0.2) is 58.4 Å². The fourth-order valence-electron chi connectivity index (χ4n) is 4.61. The van der Waals surface area contributed by atoms with Gasteiger partial charge in [-0.15, -0.1) is 0 Å². The minimum Gasteiger partial charge on any atom is -0.489 e. The van der Waals surface area contributed by atoms with E-state index in [4.69, 9.17) is 4.74 Å². The Morgan fingerprint density at radius 2 is 1.64 bits per heavy atom. The Balaban J connectivity index is 0.00000533. The SMILES string of the molecule is C.CC(=O)N[C@@H](Cc1ccc(OCc2ccccc2)cc1)C(=O)N[C@@H](CC(C)C)C(=O)N1CCC[C@H]1C(=O)O. The number of carbonyl (C=O) groups excluding carboxylic acids is 3. The molecule has 1 fully saturated rings. The Hall–Kier alpha value is -3.88. The third-order valence-corrected chi connectivity index (χ3v) is 6.45. The molecule has 0 saturated carbocycles. The van der Waals surface area contributed by atoms with Crippen molar-refractivity contribution in [1.82, 2.24) is 15.5 Å². The van der Waals surface area contributed by atoms with E-state index in [2.05, 4.69) is 10.6 Å². The van der Waals surface area contributed by atoms with E-state index in [0.29, 0.717) is 38.2 Å². The average molecular weight is 540 g/mol. The lowest BCUT2D eigenvalue weighted by Gasteiger charge is -2.29. The predicted octanol–water partition coefficient (Wildman–Crippen LogP) is 3.56. The molecular formula is C30H41N3O6. The fraction of sp³-hybridized carbons (Fsp3) is 0.467. The van der Waals surface area contributed by atoms with Gasteiger partial charge in [0, 0.05) is 19.9 Å². The van der Waals surface area contributed by atoms with Crippen molar-refractivity contribution in [3.63, 3.8) is 0 Å². The second-order valence-corrected chi connectivity index (χ2v) is 10.1. The van der Waals surface area contributed by atoms with Crippen LogP contribution in [0.4, 0.5) is 0 Å². The summed E-state index contributed by atoms with van der Waals surface area (Å²) in [7, 11) is 0. The monoisotopic (exact) mass is 539 g/mol. The highest BCUT2D eigenvalue weighted by atomic mass is 16.5. The van der Waals surface area contributed by atoms with Crippen molar-refractivity contribution in [3.05, 3.63) is 65.7 Å². The first-order chi connectivity index (χ1) is 18.1. The summed E-state index contributed by atoms with van der Waals surface area (Å²) < 4.78 is 5.82. The smallest absolute Gasteiger partial charge is 0.326 e. The number of rotatable bonds is 12. The first-order valence-electron chi connectivity index (χ1n) is 13.0. The number of likely N-dealkylation sites (tertiary alicyclic amines) is 1. The molecule has 2 aromatic carbocycles. The lowest BCUT2D eigenvalue weighted by atomic mass is 10.00. The van der Waals surface area contributed by atoms with Gasteiger partial charge in [0.2, 0.25) is 17.7 Å². The Kier molecular flexibility index (Phi) is 12.0. The van der Waals surface area contributed by atoms with E-state index in [1.54, 1.807) is 0 Å². The topological polar surface area (TPSA) is 125 Å². The third kappa shape index (κ3) is 9.42. The molecule has 0 aromatic heterocycles. The maximum absolute atomic E-state index is 13.3. The van der Waals surface area contributed by atoms with Crippen LogP contribution in [0.5, 0.6) is 5.75 Å². The Labute approximate surface area is 230 Å². The van der Waals surface area contributed by atoms with Crippen LogP contribution in [-0.2, 0) is 32.2 Å². The molecule has 1 aliphatic heterocycles. The van der Waals surface area contributed by atoms with Gasteiger partial charge < -0.3 is 25.4 Å². The molecule has 39 heavy (non-hydrogen) atoms. The van der Waals surface area contributed by atoms with Gasteiger partial charge in [-0.3, -0.25) is 14.4 Å². The highest BCUT2D eigenvalue weighted by Gasteiger charge is 2.38. The number of ether oxygens (including phenoxy) is 1. The molecule has 3 rings (SSSR count). The molecule has 212 valence electrons. The Morgan fingerprint density at radius 1 is 0.974 bits per heavy atom. The quantitative estimate of drug-likeness (QED) is 0.379. The summed E-state index contributed by atoms with van der Waals surface area (Å²) in [5.41, 5.74) is 1.86. The summed E-state index contributed by atoms with van der Waals surface area (Å²) in [4.78, 5) is 51.4. The van der Waals surface area contributed by atoms with Gasteiger partial charge in [0.15, 0.2) is 0 Å². The number of benzene rings is 2. The number of aliphatic carboxylic acids is 1. The van der Waals surface area contributed by atoms with Crippen molar-refractivity contribution in [2.45, 2.75) is 78.6 Å². The largest absolute Gasteiger partial charge is 0.489 e. The molecule has 9 nitrogen and oxygen atoms in total. The minimum absolute atomic E-state index is 0. The molecule has 0 bridgehead atoms. The number of carboxylic acid groups (broad SMARTS) is 1. The van der Waals surface area contributed by atoms with Crippen molar-refractivity contribution in [3.8, 4) is 5.75 Å². The van der Waals surface area contributed by atoms with Gasteiger partial charge >= 0.3 is 5.97 Å². The molecule has 9 heteroatoms. The van der Waals surface area contributed by atoms with Crippen LogP contribution in [0.25, 0.3) is 0 Å². The zero-order valence-corrected chi connectivity index (χ0v) is 22.2. The highest BCUT2D eigenvalue weighted by Crippen LogP contribution is 2.21. The van der Waals surface area contributed by atoms with Crippen molar-refractivity contribution in [2.24, 2.45) is 5.92 Å². The van der Waals surface area contributed by atoms with E-state index < -0.39 is 35.9 Å². The summed E-state index contributed by atoms with van der Waals surface area (Å²) in [6.07, 6.45) is 1.57. The summed E-state index contributed by atoms with van der Waals surface area (Å²) in [5.74, 6) is -1.55. The number of hydrogen-bond acceptors (Lipinski definition) is 5. The van der Waals surface area contributed by atoms with Crippen LogP contribution in [0.3, 0.4) is 0 Å². The van der Waals surface area contributed by atoms with Crippen LogP contribution in [0, 0.1) is 5.92 Å². The van der Waals surface area contributed by atoms with Gasteiger partial charge in [-0.25, -0.2) is 4.79 Å². The molecule has 0 aliphatic carbocycles. The normalized spacial score (nSPS) is 16.1. The van der Waals surface area contributed by atoms with Crippen LogP contribution >= 0.6 is 0 Å². The first kappa shape index (κ1) is 31.3. The zero-order valence-electron chi connectivity index (χ0n) is 22.2. The number of nitrogens with one attached hydrogen (secondary N) is 2. The Bertz CT molecular complexity index is 1100. The van der Waals surface area contributed by atoms with Crippen molar-refractivity contribution in [2.75, 3.05) is 6.54 Å². The summed E-state index contributed by atoms with van der Waals surface area (Å²) >= 11 is 0. The maximum atomic E-state index is 13.3. The number of nitrogens with zero attached hydrogens (tertiary/aromatic N) is 1. The number of amides is 3. The lowest BCUT2D eigenvalue weighted by Crippen LogP contribution is -2.56. The van der Waals surface area contributed by atoms with Crippen LogP contribution < -0.4 is 15.4 Å². The van der Waals surface area contributed by atoms with E-state index in [1.165, 1.54) is 11.8 Å². The van der Waals surface area contributed by atoms with Gasteiger partial charge in [0.05, 0.1) is 0 Å². The van der Waals surface area contributed by atoms with Crippen LogP contribution in [0.2, 0.25) is 0 Å². The number of carbonyl (C=O) groups is 4. The average Bonchev–Trinajstić information content (AvgIpc) is 3.37. The maximum Gasteiger partial charge on any atom is 0.326 e. The van der Waals surface area contributed by atoms with Gasteiger partial charge in [0.25, 0.3) is 0 Å². The van der Waals surface area contributed by atoms with Crippen molar-refractivity contribution >= 4 is 23.7 Å². The van der Waals surface area contributed by atoms with E-state index >= 15 is 0 Å². The molecule has 1 aliphatic rings. The van der Waals surface area contributed by atoms with Crippen molar-refractivity contribution in [1.29, 1.82) is 0 Å². The zero-order chi connectivity index (χ0) is 27.7. The second kappa shape index (κ2) is 14.9. The molecule has 1 heterocycles. The Morgan fingerprint density at radius 3 is 2.23 bits per heavy atom. The number of carboxylic acids is 1. The predicted molar refractivity (Wildman–Crippen MR) is 149 cm³/mol. The fourth-order valence-corrected chi connectivity index (χ4v) is 4.61. The number of hydrogen-bond donors (Lipinski definition) is 3. The van der Waals surface area contributed by atoms with Crippen molar-refractivity contribution < 1.29 is 29.0 Å². The van der Waals surface area contributed by atoms with E-state index in [1.807, 2.05) is 68.4 Å². The van der Waals surface area contributed by atoms with E-state index in [0.717, 1.165) is 11.1 Å². The molecular weight excluding hydrogens is 498 g/mol. The molecule has 2 aromatic rings. The van der Waals surface area contributed by atoms with Gasteiger partial charge in [0.1, 0.15) is 30.5 Å². The third-order valence-electron chi connectivity index (χ3n) is 6.45. The molecule has 3 N–H and O–H groups in total. The molecule has 3 atom stereocenters. The lowest BCUT2D eigenvalue weighted by molar-refractivity contribution is -0.149. The molecule has 0 radical (unpaired) electrons. The summed E-state index contributed by atoms with van der Waals surface area (Å²) in [6.45, 7) is 5.96. The molecule has 0 unspecified atom stereocenters. The van der Waals surface area contributed by atoms with Gasteiger partial charge in [-0.1, -0.05) is 63.7 Å². The van der Waals surface area contributed by atoms with E-state index in [-0.39, 0.29) is 25.7 Å². The first-order valence-corrected chi connectivity index (χ1v) is 13.0. The van der Waals surface area contributed by atoms with Gasteiger partial charge in [-0.2, -0.15) is 0 Å². The van der Waals surface area contributed by atoms with Crippen LogP contribution in [0.1, 0.15) is 58.6 Å². The minimum atomic E-state index is -1.04. The van der Waals surface area contributed by atoms with E-state index in [9.17, 15) is 24.3 Å². The van der Waals surface area contributed by atoms with Gasteiger partial charge in [-0.05, 0) is 48.4 Å². The summed E-state index contributed by atoms with van der Waals surface area (Å²) in [6, 6.07) is 14.4. The molecule has 3 amide bonds. The summed E-state index contributed by atoms with van der Waals surface area (Å²) in [5, 5.41) is 15.0. The second-order valence-electron chi connectivity index (χ2n) is 10.1. The highest BCUT2D eigenvalue weighted by molar-refractivity contribution is 5.93.